The topological polar surface area (TPSA) is 144 Å². The standard InChI is InChI=1S/C26H30Cl2F2N6O4/c1-24(2,3)18(34-23(40)26(28,29)30)22(39)36-10-15-16(25(15,4)5)17(36)21(38)33-12(8-31)7-14-13-6-11(27)9-32-19(13)35-20(14)37/h6,9,12,14-18H,7,10H2,1-5H3,(H,33,38)(H,34,40)(H,32,35,37). The van der Waals surface area contributed by atoms with Crippen LogP contribution in [0, 0.1) is 34.0 Å². The van der Waals surface area contributed by atoms with E-state index in [-0.39, 0.29) is 36.1 Å². The highest BCUT2D eigenvalue weighted by Crippen LogP contribution is 2.65. The SMILES string of the molecule is CC(C)(C)C(NC(=O)C(F)(F)Cl)C(=O)N1CC2C(C1C(=O)NC(C#N)CC1C(=O)Nc3ncc(Cl)cc31)C2(C)C. The number of hydrogen-bond donors (Lipinski definition) is 3. The van der Waals surface area contributed by atoms with Gasteiger partial charge in [-0.3, -0.25) is 19.2 Å². The number of likely N-dealkylation sites (tertiary alicyclic amines) is 1. The number of nitrogens with one attached hydrogen (secondary N) is 3. The van der Waals surface area contributed by atoms with E-state index in [1.807, 2.05) is 25.2 Å². The zero-order valence-electron chi connectivity index (χ0n) is 22.5. The number of pyridine rings is 1. The summed E-state index contributed by atoms with van der Waals surface area (Å²) in [6, 6.07) is 0.0711. The Morgan fingerprint density at radius 2 is 1.95 bits per heavy atom. The lowest BCUT2D eigenvalue weighted by Crippen LogP contribution is -2.61. The number of anilines is 1. The quantitative estimate of drug-likeness (QED) is 0.411. The van der Waals surface area contributed by atoms with Crippen LogP contribution < -0.4 is 16.0 Å². The van der Waals surface area contributed by atoms with Crippen LogP contribution in [0.4, 0.5) is 14.6 Å². The molecule has 40 heavy (non-hydrogen) atoms. The van der Waals surface area contributed by atoms with Gasteiger partial charge < -0.3 is 20.9 Å². The molecule has 10 nitrogen and oxygen atoms in total. The van der Waals surface area contributed by atoms with Gasteiger partial charge >= 0.3 is 11.3 Å². The molecule has 3 N–H and O–H groups in total. The summed E-state index contributed by atoms with van der Waals surface area (Å²) in [5, 5.41) is 13.3. The van der Waals surface area contributed by atoms with Gasteiger partial charge in [0.25, 0.3) is 0 Å². The Bertz CT molecular complexity index is 1310. The molecule has 4 amide bonds. The van der Waals surface area contributed by atoms with Gasteiger partial charge in [0.15, 0.2) is 0 Å². The molecule has 0 bridgehead atoms. The fourth-order valence-electron chi connectivity index (χ4n) is 5.88. The molecule has 216 valence electrons. The number of alkyl halides is 3. The van der Waals surface area contributed by atoms with Crippen LogP contribution in [0.15, 0.2) is 12.3 Å². The summed E-state index contributed by atoms with van der Waals surface area (Å²) in [4.78, 5) is 57.3. The summed E-state index contributed by atoms with van der Waals surface area (Å²) in [7, 11) is 0. The Morgan fingerprint density at radius 1 is 1.30 bits per heavy atom. The van der Waals surface area contributed by atoms with Crippen molar-refractivity contribution in [2.75, 3.05) is 11.9 Å². The minimum absolute atomic E-state index is 0.0424. The van der Waals surface area contributed by atoms with E-state index in [0.29, 0.717) is 16.4 Å². The average Bonchev–Trinajstić information content (AvgIpc) is 3.14. The van der Waals surface area contributed by atoms with E-state index in [1.165, 1.54) is 11.1 Å². The molecule has 0 radical (unpaired) electrons. The number of aromatic nitrogens is 1. The summed E-state index contributed by atoms with van der Waals surface area (Å²) in [5.74, 6) is -4.27. The predicted molar refractivity (Wildman–Crippen MR) is 141 cm³/mol. The highest BCUT2D eigenvalue weighted by molar-refractivity contribution is 6.32. The second-order valence-electron chi connectivity index (χ2n) is 12.2. The monoisotopic (exact) mass is 598 g/mol. The van der Waals surface area contributed by atoms with Crippen LogP contribution in [0.25, 0.3) is 0 Å². The lowest BCUT2D eigenvalue weighted by atomic mass is 9.85. The normalized spacial score (nSPS) is 26.1. The third-order valence-electron chi connectivity index (χ3n) is 8.17. The molecular formula is C26H30Cl2F2N6O4. The summed E-state index contributed by atoms with van der Waals surface area (Å²) < 4.78 is 26.9. The van der Waals surface area contributed by atoms with E-state index in [2.05, 4.69) is 15.6 Å². The molecule has 14 heteroatoms. The highest BCUT2D eigenvalue weighted by Gasteiger charge is 2.70. The Labute approximate surface area is 240 Å². The number of nitrogens with zero attached hydrogens (tertiary/aromatic N) is 3. The van der Waals surface area contributed by atoms with Crippen molar-refractivity contribution in [3.63, 3.8) is 0 Å². The molecule has 1 aromatic heterocycles. The molecule has 0 aromatic carbocycles. The molecule has 6 unspecified atom stereocenters. The molecule has 6 atom stereocenters. The van der Waals surface area contributed by atoms with Crippen LogP contribution >= 0.6 is 23.2 Å². The molecule has 1 saturated carbocycles. The van der Waals surface area contributed by atoms with Gasteiger partial charge in [-0.2, -0.15) is 14.0 Å². The number of piperidine rings is 1. The van der Waals surface area contributed by atoms with Crippen LogP contribution in [-0.2, 0) is 19.2 Å². The number of amides is 4. The molecule has 3 heterocycles. The molecule has 3 aliphatic rings. The average molecular weight is 599 g/mol. The van der Waals surface area contributed by atoms with Gasteiger partial charge in [0.1, 0.15) is 23.9 Å². The summed E-state index contributed by atoms with van der Waals surface area (Å²) in [6.07, 6.45) is 1.32. The van der Waals surface area contributed by atoms with Gasteiger partial charge in [0.2, 0.25) is 17.7 Å². The van der Waals surface area contributed by atoms with Crippen LogP contribution in [0.5, 0.6) is 0 Å². The van der Waals surface area contributed by atoms with Crippen molar-refractivity contribution in [1.29, 1.82) is 5.26 Å². The molecule has 4 rings (SSSR count). The number of fused-ring (bicyclic) bond motifs is 2. The summed E-state index contributed by atoms with van der Waals surface area (Å²) >= 11 is 10.9. The van der Waals surface area contributed by atoms with Gasteiger partial charge in [-0.15, -0.1) is 0 Å². The van der Waals surface area contributed by atoms with Gasteiger partial charge in [0.05, 0.1) is 17.0 Å². The largest absolute Gasteiger partial charge is 0.399 e. The maximum atomic E-state index is 13.7. The van der Waals surface area contributed by atoms with Crippen molar-refractivity contribution in [1.82, 2.24) is 20.5 Å². The minimum atomic E-state index is -4.22. The number of carbonyl (C=O) groups excluding carboxylic acids is 4. The zero-order chi connectivity index (χ0) is 29.9. The first-order valence-electron chi connectivity index (χ1n) is 12.7. The second-order valence-corrected chi connectivity index (χ2v) is 13.1. The van der Waals surface area contributed by atoms with E-state index in [9.17, 15) is 33.2 Å². The van der Waals surface area contributed by atoms with Gasteiger partial charge in [0, 0.05) is 18.3 Å². The minimum Gasteiger partial charge on any atom is -0.339 e. The molecule has 1 saturated heterocycles. The zero-order valence-corrected chi connectivity index (χ0v) is 24.0. The van der Waals surface area contributed by atoms with Crippen molar-refractivity contribution in [3.8, 4) is 6.07 Å². The van der Waals surface area contributed by atoms with Crippen molar-refractivity contribution in [2.45, 2.75) is 70.5 Å². The van der Waals surface area contributed by atoms with E-state index in [0.717, 1.165) is 0 Å². The van der Waals surface area contributed by atoms with E-state index < -0.39 is 52.6 Å². The van der Waals surface area contributed by atoms with Crippen LogP contribution in [0.2, 0.25) is 5.02 Å². The van der Waals surface area contributed by atoms with E-state index >= 15 is 0 Å². The van der Waals surface area contributed by atoms with Gasteiger partial charge in [-0.1, -0.05) is 46.2 Å². The van der Waals surface area contributed by atoms with Crippen molar-refractivity contribution in [3.05, 3.63) is 22.8 Å². The smallest absolute Gasteiger partial charge is 0.339 e. The Morgan fingerprint density at radius 3 is 2.52 bits per heavy atom. The Kier molecular flexibility index (Phi) is 7.56. The molecular weight excluding hydrogens is 569 g/mol. The summed E-state index contributed by atoms with van der Waals surface area (Å²) in [5.41, 5.74) is -0.767. The number of rotatable bonds is 7. The van der Waals surface area contributed by atoms with Gasteiger partial charge in [-0.05, 0) is 46.8 Å². The lowest BCUT2D eigenvalue weighted by Gasteiger charge is -2.38. The van der Waals surface area contributed by atoms with E-state index in [4.69, 9.17) is 23.2 Å². The first kappa shape index (κ1) is 29.9. The maximum Gasteiger partial charge on any atom is 0.399 e. The van der Waals surface area contributed by atoms with Crippen LogP contribution in [-0.4, -0.2) is 63.6 Å². The second kappa shape index (κ2) is 10.1. The molecule has 0 spiro atoms. The Hall–Kier alpha value is -3.04. The summed E-state index contributed by atoms with van der Waals surface area (Å²) in [6.45, 7) is 8.87. The number of nitriles is 1. The fourth-order valence-corrected chi connectivity index (χ4v) is 6.10. The molecule has 2 aliphatic heterocycles. The lowest BCUT2D eigenvalue weighted by molar-refractivity contribution is -0.148. The van der Waals surface area contributed by atoms with Gasteiger partial charge in [-0.25, -0.2) is 4.98 Å². The first-order valence-corrected chi connectivity index (χ1v) is 13.5. The maximum absolute atomic E-state index is 13.7. The predicted octanol–water partition coefficient (Wildman–Crippen LogP) is 3.01. The van der Waals surface area contributed by atoms with Crippen molar-refractivity contribution >= 4 is 52.6 Å². The number of hydrogen-bond acceptors (Lipinski definition) is 6. The van der Waals surface area contributed by atoms with Crippen molar-refractivity contribution in [2.24, 2.45) is 22.7 Å². The first-order chi connectivity index (χ1) is 18.4. The third-order valence-corrected chi connectivity index (χ3v) is 8.55. The molecule has 2 fully saturated rings. The van der Waals surface area contributed by atoms with Crippen molar-refractivity contribution < 1.29 is 28.0 Å². The van der Waals surface area contributed by atoms with Crippen LogP contribution in [0.1, 0.15) is 52.5 Å². The molecule has 1 aromatic rings. The number of carbonyl (C=O) groups is 4. The van der Waals surface area contributed by atoms with E-state index in [1.54, 1.807) is 26.8 Å². The Balaban J connectivity index is 1.55. The van der Waals surface area contributed by atoms with Crippen LogP contribution in [0.3, 0.4) is 0 Å². The molecule has 1 aliphatic carbocycles. The number of halogens is 4. The third kappa shape index (κ3) is 5.46. The highest BCUT2D eigenvalue weighted by atomic mass is 35.5. The fraction of sp³-hybridized carbons (Fsp3) is 0.615.